The fourth-order valence-electron chi connectivity index (χ4n) is 1.83. The van der Waals surface area contributed by atoms with Crippen molar-refractivity contribution in [3.8, 4) is 0 Å². The molecule has 1 aliphatic carbocycles. The van der Waals surface area contributed by atoms with E-state index in [4.69, 9.17) is 4.74 Å². The maximum absolute atomic E-state index is 11.4. The molecule has 88 valence electrons. The van der Waals surface area contributed by atoms with E-state index in [0.717, 1.165) is 25.9 Å². The smallest absolute Gasteiger partial charge is 0.246 e. The molecule has 0 saturated heterocycles. The zero-order chi connectivity index (χ0) is 10.9. The molecule has 1 fully saturated rings. The number of amides is 1. The lowest BCUT2D eigenvalue weighted by molar-refractivity contribution is -0.126. The van der Waals surface area contributed by atoms with Crippen molar-refractivity contribution >= 4 is 5.91 Å². The summed E-state index contributed by atoms with van der Waals surface area (Å²) in [5.41, 5.74) is 0. The van der Waals surface area contributed by atoms with Gasteiger partial charge in [-0.2, -0.15) is 0 Å². The van der Waals surface area contributed by atoms with Crippen LogP contribution in [0.2, 0.25) is 0 Å². The minimum atomic E-state index is 0.0263. The summed E-state index contributed by atoms with van der Waals surface area (Å²) < 4.78 is 5.23. The molecule has 1 amide bonds. The van der Waals surface area contributed by atoms with Crippen molar-refractivity contribution in [3.63, 3.8) is 0 Å². The zero-order valence-electron chi connectivity index (χ0n) is 9.55. The number of hydrogen-bond donors (Lipinski definition) is 2. The summed E-state index contributed by atoms with van der Waals surface area (Å²) in [5, 5.41) is 6.12. The second-order valence-corrected chi connectivity index (χ2v) is 3.96. The standard InChI is InChI=1S/C11H22N2O2/c1-2-12-7-8-15-9-11(14)13-10-5-3-4-6-10/h10,12H,2-9H2,1H3,(H,13,14). The molecule has 0 aromatic rings. The first-order valence-corrected chi connectivity index (χ1v) is 5.90. The first-order valence-electron chi connectivity index (χ1n) is 5.90. The molecule has 0 bridgehead atoms. The molecule has 2 N–H and O–H groups in total. The van der Waals surface area contributed by atoms with E-state index in [9.17, 15) is 4.79 Å². The number of carbonyl (C=O) groups excluding carboxylic acids is 1. The van der Waals surface area contributed by atoms with Crippen LogP contribution in [0.3, 0.4) is 0 Å². The van der Waals surface area contributed by atoms with Crippen molar-refractivity contribution in [2.75, 3.05) is 26.3 Å². The van der Waals surface area contributed by atoms with E-state index in [2.05, 4.69) is 10.6 Å². The maximum Gasteiger partial charge on any atom is 0.246 e. The van der Waals surface area contributed by atoms with Crippen LogP contribution in [0, 0.1) is 0 Å². The Morgan fingerprint density at radius 1 is 1.40 bits per heavy atom. The van der Waals surface area contributed by atoms with Gasteiger partial charge in [0.2, 0.25) is 5.91 Å². The molecule has 4 heteroatoms. The van der Waals surface area contributed by atoms with Crippen LogP contribution in [0.5, 0.6) is 0 Å². The van der Waals surface area contributed by atoms with Gasteiger partial charge in [-0.3, -0.25) is 4.79 Å². The SMILES string of the molecule is CCNCCOCC(=O)NC1CCCC1. The van der Waals surface area contributed by atoms with E-state index in [1.165, 1.54) is 12.8 Å². The number of hydrogen-bond acceptors (Lipinski definition) is 3. The third kappa shape index (κ3) is 5.74. The van der Waals surface area contributed by atoms with Crippen molar-refractivity contribution in [2.45, 2.75) is 38.6 Å². The van der Waals surface area contributed by atoms with E-state index in [-0.39, 0.29) is 12.5 Å². The first-order chi connectivity index (χ1) is 7.33. The molecule has 0 atom stereocenters. The number of likely N-dealkylation sites (N-methyl/N-ethyl adjacent to an activating group) is 1. The summed E-state index contributed by atoms with van der Waals surface area (Å²) in [6, 6.07) is 0.398. The van der Waals surface area contributed by atoms with E-state index >= 15 is 0 Å². The minimum absolute atomic E-state index is 0.0263. The van der Waals surface area contributed by atoms with E-state index < -0.39 is 0 Å². The highest BCUT2D eigenvalue weighted by atomic mass is 16.5. The Bertz CT molecular complexity index is 179. The maximum atomic E-state index is 11.4. The van der Waals surface area contributed by atoms with Crippen LogP contribution in [-0.4, -0.2) is 38.3 Å². The van der Waals surface area contributed by atoms with Gasteiger partial charge in [-0.1, -0.05) is 19.8 Å². The van der Waals surface area contributed by atoms with Crippen LogP contribution in [0.4, 0.5) is 0 Å². The highest BCUT2D eigenvalue weighted by molar-refractivity contribution is 5.77. The molecular weight excluding hydrogens is 192 g/mol. The van der Waals surface area contributed by atoms with Crippen LogP contribution < -0.4 is 10.6 Å². The Morgan fingerprint density at radius 3 is 2.80 bits per heavy atom. The molecule has 0 radical (unpaired) electrons. The third-order valence-corrected chi connectivity index (χ3v) is 2.63. The minimum Gasteiger partial charge on any atom is -0.370 e. The predicted octanol–water partition coefficient (Wildman–Crippen LogP) is 0.671. The summed E-state index contributed by atoms with van der Waals surface area (Å²) in [7, 11) is 0. The van der Waals surface area contributed by atoms with Gasteiger partial charge in [0.1, 0.15) is 6.61 Å². The van der Waals surface area contributed by atoms with Crippen molar-refractivity contribution in [3.05, 3.63) is 0 Å². The van der Waals surface area contributed by atoms with Crippen molar-refractivity contribution < 1.29 is 9.53 Å². The van der Waals surface area contributed by atoms with Gasteiger partial charge in [-0.25, -0.2) is 0 Å². The summed E-state index contributed by atoms with van der Waals surface area (Å²) in [6.45, 7) is 4.60. The van der Waals surface area contributed by atoms with Crippen LogP contribution in [0.25, 0.3) is 0 Å². The lowest BCUT2D eigenvalue weighted by Gasteiger charge is -2.11. The van der Waals surface area contributed by atoms with Gasteiger partial charge in [-0.15, -0.1) is 0 Å². The van der Waals surface area contributed by atoms with Crippen molar-refractivity contribution in [2.24, 2.45) is 0 Å². The monoisotopic (exact) mass is 214 g/mol. The summed E-state index contributed by atoms with van der Waals surface area (Å²) in [5.74, 6) is 0.0263. The Hall–Kier alpha value is -0.610. The Balaban J connectivity index is 1.93. The number of nitrogens with one attached hydrogen (secondary N) is 2. The van der Waals surface area contributed by atoms with Crippen LogP contribution in [-0.2, 0) is 9.53 Å². The topological polar surface area (TPSA) is 50.4 Å². The molecule has 1 aliphatic rings. The molecule has 1 saturated carbocycles. The van der Waals surface area contributed by atoms with E-state index in [0.29, 0.717) is 12.6 Å². The van der Waals surface area contributed by atoms with Crippen LogP contribution in [0.1, 0.15) is 32.6 Å². The fraction of sp³-hybridized carbons (Fsp3) is 0.909. The Morgan fingerprint density at radius 2 is 2.13 bits per heavy atom. The molecule has 0 aromatic heterocycles. The number of ether oxygens (including phenoxy) is 1. The third-order valence-electron chi connectivity index (χ3n) is 2.63. The summed E-state index contributed by atoms with van der Waals surface area (Å²) in [6.07, 6.45) is 4.74. The molecule has 0 unspecified atom stereocenters. The second kappa shape index (κ2) is 7.65. The van der Waals surface area contributed by atoms with Gasteiger partial charge in [0.15, 0.2) is 0 Å². The lowest BCUT2D eigenvalue weighted by Crippen LogP contribution is -2.35. The largest absolute Gasteiger partial charge is 0.370 e. The molecule has 0 spiro atoms. The fourth-order valence-corrected chi connectivity index (χ4v) is 1.83. The van der Waals surface area contributed by atoms with Crippen LogP contribution >= 0.6 is 0 Å². The second-order valence-electron chi connectivity index (χ2n) is 3.96. The van der Waals surface area contributed by atoms with Gasteiger partial charge < -0.3 is 15.4 Å². The normalized spacial score (nSPS) is 16.9. The lowest BCUT2D eigenvalue weighted by atomic mass is 10.2. The van der Waals surface area contributed by atoms with Gasteiger partial charge in [0.05, 0.1) is 6.61 Å². The van der Waals surface area contributed by atoms with Crippen LogP contribution in [0.15, 0.2) is 0 Å². The molecule has 0 heterocycles. The molecule has 0 aliphatic heterocycles. The van der Waals surface area contributed by atoms with Crippen molar-refractivity contribution in [1.82, 2.24) is 10.6 Å². The van der Waals surface area contributed by atoms with Crippen molar-refractivity contribution in [1.29, 1.82) is 0 Å². The average molecular weight is 214 g/mol. The van der Waals surface area contributed by atoms with Gasteiger partial charge in [0, 0.05) is 12.6 Å². The quantitative estimate of drug-likeness (QED) is 0.612. The zero-order valence-corrected chi connectivity index (χ0v) is 9.55. The number of rotatable bonds is 7. The highest BCUT2D eigenvalue weighted by Crippen LogP contribution is 2.17. The Kier molecular flexibility index (Phi) is 6.36. The molecule has 1 rings (SSSR count). The van der Waals surface area contributed by atoms with Gasteiger partial charge in [-0.05, 0) is 19.4 Å². The highest BCUT2D eigenvalue weighted by Gasteiger charge is 2.16. The van der Waals surface area contributed by atoms with E-state index in [1.807, 2.05) is 6.92 Å². The summed E-state index contributed by atoms with van der Waals surface area (Å²) >= 11 is 0. The molecule has 4 nitrogen and oxygen atoms in total. The van der Waals surface area contributed by atoms with Gasteiger partial charge in [0.25, 0.3) is 0 Å². The van der Waals surface area contributed by atoms with E-state index in [1.54, 1.807) is 0 Å². The molecule has 0 aromatic carbocycles. The molecular formula is C11H22N2O2. The predicted molar refractivity (Wildman–Crippen MR) is 59.8 cm³/mol. The summed E-state index contributed by atoms with van der Waals surface area (Å²) in [4.78, 5) is 11.4. The average Bonchev–Trinajstić information content (AvgIpc) is 2.70. The molecule has 15 heavy (non-hydrogen) atoms. The number of carbonyl (C=O) groups is 1. The Labute approximate surface area is 91.8 Å². The van der Waals surface area contributed by atoms with Gasteiger partial charge >= 0.3 is 0 Å². The first kappa shape index (κ1) is 12.5.